The monoisotopic (exact) mass is 178 g/mol. The number of hydrogen-bond acceptors (Lipinski definition) is 1. The van der Waals surface area contributed by atoms with Gasteiger partial charge in [-0.1, -0.05) is 0 Å². The van der Waals surface area contributed by atoms with Crippen molar-refractivity contribution in [1.29, 1.82) is 0 Å². The van der Waals surface area contributed by atoms with Crippen molar-refractivity contribution < 1.29 is 21.9 Å². The van der Waals surface area contributed by atoms with Crippen molar-refractivity contribution >= 4 is 6.34 Å². The van der Waals surface area contributed by atoms with Gasteiger partial charge in [-0.3, -0.25) is 4.90 Å². The maximum atomic E-state index is 4.07. The van der Waals surface area contributed by atoms with E-state index in [0.717, 1.165) is 6.54 Å². The third-order valence-electron chi connectivity index (χ3n) is 1.29. The molecule has 0 radical (unpaired) electrons. The molecule has 0 saturated heterocycles. The van der Waals surface area contributed by atoms with Crippen molar-refractivity contribution in [3.05, 3.63) is 0 Å². The Kier molecular flexibility index (Phi) is 4.09. The Morgan fingerprint density at radius 1 is 1.75 bits per heavy atom. The van der Waals surface area contributed by atoms with E-state index in [0.29, 0.717) is 0 Å². The van der Waals surface area contributed by atoms with Crippen molar-refractivity contribution in [2.45, 2.75) is 6.92 Å². The van der Waals surface area contributed by atoms with Crippen LogP contribution in [-0.4, -0.2) is 26.0 Å². The molecule has 1 unspecified atom stereocenters. The fourth-order valence-corrected chi connectivity index (χ4v) is 0.734. The first-order valence-electron chi connectivity index (χ1n) is 2.78. The standard InChI is InChI=1S/C5H10N2.BrH/c1-2-7-4-3-6-5-7;/h5H,2-4H2,1H3;1H. The Labute approximate surface area is 60.4 Å². The lowest BCUT2D eigenvalue weighted by molar-refractivity contribution is -0.788. The zero-order valence-electron chi connectivity index (χ0n) is 5.02. The fraction of sp³-hybridized carbons (Fsp3) is 0.800. The molecule has 0 aromatic carbocycles. The van der Waals surface area contributed by atoms with Gasteiger partial charge in [-0.25, -0.2) is 4.99 Å². The first-order chi connectivity index (χ1) is 3.43. The summed E-state index contributed by atoms with van der Waals surface area (Å²) in [6.45, 7) is 5.59. The van der Waals surface area contributed by atoms with Crippen molar-refractivity contribution in [2.24, 2.45) is 4.99 Å². The van der Waals surface area contributed by atoms with Crippen LogP contribution in [0.5, 0.6) is 0 Å². The summed E-state index contributed by atoms with van der Waals surface area (Å²) >= 11 is 0. The Hall–Kier alpha value is 0.110. The molecule has 0 aliphatic carbocycles. The zero-order chi connectivity index (χ0) is 5.11. The van der Waals surface area contributed by atoms with Crippen LogP contribution in [0.1, 0.15) is 6.92 Å². The molecule has 0 bridgehead atoms. The number of aliphatic imine (C=N–C) groups is 1. The minimum absolute atomic E-state index is 0. The highest BCUT2D eigenvalue weighted by molar-refractivity contribution is 5.44. The first kappa shape index (κ1) is 8.11. The molecule has 0 aromatic rings. The lowest BCUT2D eigenvalue weighted by Crippen LogP contribution is -3.09. The molecule has 1 aliphatic rings. The minimum atomic E-state index is 0. The predicted octanol–water partition coefficient (Wildman–Crippen LogP) is -4.06. The predicted molar refractivity (Wildman–Crippen MR) is 29.7 cm³/mol. The van der Waals surface area contributed by atoms with Gasteiger partial charge in [-0.2, -0.15) is 0 Å². The minimum Gasteiger partial charge on any atom is -1.00 e. The molecular formula is C5H11BrN2. The van der Waals surface area contributed by atoms with Gasteiger partial charge in [0, 0.05) is 0 Å². The number of quaternary nitrogens is 1. The van der Waals surface area contributed by atoms with Crippen LogP contribution in [0.15, 0.2) is 4.99 Å². The van der Waals surface area contributed by atoms with Gasteiger partial charge in [0.1, 0.15) is 6.54 Å². The lowest BCUT2D eigenvalue weighted by atomic mass is 10.6. The van der Waals surface area contributed by atoms with Crippen molar-refractivity contribution in [2.75, 3.05) is 19.6 Å². The number of halogens is 1. The highest BCUT2D eigenvalue weighted by atomic mass is 79.9. The van der Waals surface area contributed by atoms with Crippen LogP contribution < -0.4 is 21.9 Å². The normalized spacial score (nSPS) is 25.4. The van der Waals surface area contributed by atoms with E-state index in [2.05, 4.69) is 11.9 Å². The summed E-state index contributed by atoms with van der Waals surface area (Å²) in [4.78, 5) is 5.57. The maximum absolute atomic E-state index is 4.07. The Morgan fingerprint density at radius 3 is 2.75 bits per heavy atom. The van der Waals surface area contributed by atoms with E-state index >= 15 is 0 Å². The molecule has 48 valence electrons. The van der Waals surface area contributed by atoms with Crippen molar-refractivity contribution in [3.8, 4) is 0 Å². The second-order valence-electron chi connectivity index (χ2n) is 1.80. The molecule has 0 amide bonds. The molecule has 0 saturated carbocycles. The summed E-state index contributed by atoms with van der Waals surface area (Å²) in [7, 11) is 0. The molecule has 0 spiro atoms. The quantitative estimate of drug-likeness (QED) is 0.422. The van der Waals surface area contributed by atoms with E-state index in [1.165, 1.54) is 18.0 Å². The molecule has 1 atom stereocenters. The molecule has 1 N–H and O–H groups in total. The fourth-order valence-electron chi connectivity index (χ4n) is 0.734. The number of nitrogens with one attached hydrogen (secondary N) is 1. The molecule has 0 fully saturated rings. The molecule has 0 aromatic heterocycles. The Balaban J connectivity index is 0.000000490. The second-order valence-corrected chi connectivity index (χ2v) is 1.80. The summed E-state index contributed by atoms with van der Waals surface area (Å²) in [6.07, 6.45) is 2.00. The van der Waals surface area contributed by atoms with E-state index in [9.17, 15) is 0 Å². The topological polar surface area (TPSA) is 16.8 Å². The van der Waals surface area contributed by atoms with Crippen LogP contribution in [0.25, 0.3) is 0 Å². The summed E-state index contributed by atoms with van der Waals surface area (Å²) < 4.78 is 0. The van der Waals surface area contributed by atoms with Crippen LogP contribution in [0.4, 0.5) is 0 Å². The molecular weight excluding hydrogens is 168 g/mol. The number of likely N-dealkylation sites (N-methyl/N-ethyl adjacent to an activating group) is 1. The third-order valence-corrected chi connectivity index (χ3v) is 1.29. The van der Waals surface area contributed by atoms with Gasteiger partial charge in [0.2, 0.25) is 0 Å². The third kappa shape index (κ3) is 1.92. The van der Waals surface area contributed by atoms with Crippen LogP contribution in [-0.2, 0) is 0 Å². The highest BCUT2D eigenvalue weighted by Gasteiger charge is 2.05. The van der Waals surface area contributed by atoms with E-state index in [-0.39, 0.29) is 17.0 Å². The zero-order valence-corrected chi connectivity index (χ0v) is 6.61. The average Bonchev–Trinajstić information content (AvgIpc) is 2.14. The van der Waals surface area contributed by atoms with Gasteiger partial charge < -0.3 is 17.0 Å². The van der Waals surface area contributed by atoms with Crippen LogP contribution in [0.2, 0.25) is 0 Å². The summed E-state index contributed by atoms with van der Waals surface area (Å²) in [6, 6.07) is 0. The Bertz CT molecular complexity index is 82.5. The van der Waals surface area contributed by atoms with E-state index < -0.39 is 0 Å². The molecule has 1 aliphatic heterocycles. The van der Waals surface area contributed by atoms with E-state index in [4.69, 9.17) is 0 Å². The van der Waals surface area contributed by atoms with Gasteiger partial charge >= 0.3 is 0 Å². The van der Waals surface area contributed by atoms with E-state index in [1.54, 1.807) is 0 Å². The molecule has 3 heteroatoms. The molecule has 8 heavy (non-hydrogen) atoms. The van der Waals surface area contributed by atoms with E-state index in [1.807, 2.05) is 6.34 Å². The molecule has 2 nitrogen and oxygen atoms in total. The second kappa shape index (κ2) is 4.04. The van der Waals surface area contributed by atoms with Gasteiger partial charge in [-0.05, 0) is 6.92 Å². The summed E-state index contributed by atoms with van der Waals surface area (Å²) in [5, 5.41) is 0. The number of hydrogen-bond donors (Lipinski definition) is 1. The average molecular weight is 179 g/mol. The van der Waals surface area contributed by atoms with Gasteiger partial charge in [0.15, 0.2) is 6.34 Å². The van der Waals surface area contributed by atoms with Crippen molar-refractivity contribution in [1.82, 2.24) is 0 Å². The van der Waals surface area contributed by atoms with Crippen LogP contribution >= 0.6 is 0 Å². The van der Waals surface area contributed by atoms with Crippen LogP contribution in [0.3, 0.4) is 0 Å². The molecule has 1 rings (SSSR count). The maximum Gasteiger partial charge on any atom is 0.183 e. The Morgan fingerprint density at radius 2 is 2.50 bits per heavy atom. The van der Waals surface area contributed by atoms with Crippen LogP contribution in [0, 0.1) is 0 Å². The SMILES string of the molecule is CC[NH+]1C=NCC1.[Br-]. The van der Waals surface area contributed by atoms with Gasteiger partial charge in [-0.15, -0.1) is 0 Å². The largest absolute Gasteiger partial charge is 1.00 e. The van der Waals surface area contributed by atoms with Crippen molar-refractivity contribution in [3.63, 3.8) is 0 Å². The van der Waals surface area contributed by atoms with Gasteiger partial charge in [0.05, 0.1) is 13.1 Å². The molecule has 1 heterocycles. The lowest BCUT2D eigenvalue weighted by Gasteiger charge is -2.00. The van der Waals surface area contributed by atoms with Gasteiger partial charge in [0.25, 0.3) is 0 Å². The smallest absolute Gasteiger partial charge is 0.183 e. The summed E-state index contributed by atoms with van der Waals surface area (Å²) in [5.74, 6) is 0. The highest BCUT2D eigenvalue weighted by Crippen LogP contribution is 1.64. The summed E-state index contributed by atoms with van der Waals surface area (Å²) in [5.41, 5.74) is 0. The first-order valence-corrected chi connectivity index (χ1v) is 2.78. The number of rotatable bonds is 1. The number of nitrogens with zero attached hydrogens (tertiary/aromatic N) is 1.